The van der Waals surface area contributed by atoms with Gasteiger partial charge >= 0.3 is 0 Å². The molecule has 0 spiro atoms. The van der Waals surface area contributed by atoms with Crippen LogP contribution in [0.2, 0.25) is 0 Å². The number of methoxy groups -OCH3 is 1. The molecule has 1 aromatic carbocycles. The molecule has 23 heavy (non-hydrogen) atoms. The van der Waals surface area contributed by atoms with Crippen LogP contribution in [0.1, 0.15) is 38.5 Å². The molecule has 0 unspecified atom stereocenters. The number of halogens is 1. The first-order valence-corrected chi connectivity index (χ1v) is 8.10. The molecule has 0 radical (unpaired) electrons. The molecule has 0 amide bonds. The predicted octanol–water partition coefficient (Wildman–Crippen LogP) is 3.78. The van der Waals surface area contributed by atoms with Gasteiger partial charge in [0, 0.05) is 5.69 Å². The summed E-state index contributed by atoms with van der Waals surface area (Å²) in [5, 5.41) is 3.06. The van der Waals surface area contributed by atoms with Crippen LogP contribution in [0.25, 0.3) is 0 Å². The number of nitrogens with one attached hydrogen (secondary N) is 1. The Morgan fingerprint density at radius 3 is 2.43 bits per heavy atom. The second-order valence-electron chi connectivity index (χ2n) is 5.60. The van der Waals surface area contributed by atoms with E-state index in [2.05, 4.69) is 10.3 Å². The van der Waals surface area contributed by atoms with Crippen molar-refractivity contribution in [3.05, 3.63) is 24.3 Å². The number of hydrogen-bond acceptors (Lipinski definition) is 3. The standard InChI is InChI=1S/C17H27N3O2.HI/c1-21-15-10-8-14(9-11-15)20-17(18)19-12-13-22-16-6-4-2-3-5-7-16;/h8-11,16H,2-7,12-13H2,1H3,(H3,18,19,20);1H. The summed E-state index contributed by atoms with van der Waals surface area (Å²) in [5.74, 6) is 1.23. The molecule has 3 N–H and O–H groups in total. The first-order valence-electron chi connectivity index (χ1n) is 8.10. The highest BCUT2D eigenvalue weighted by Gasteiger charge is 2.11. The topological polar surface area (TPSA) is 68.9 Å². The van der Waals surface area contributed by atoms with Gasteiger partial charge in [-0.3, -0.25) is 4.99 Å². The zero-order valence-electron chi connectivity index (χ0n) is 13.8. The van der Waals surface area contributed by atoms with Gasteiger partial charge in [0.25, 0.3) is 0 Å². The Hall–Kier alpha value is -1.02. The normalized spacial score (nSPS) is 16.3. The second kappa shape index (κ2) is 11.5. The average molecular weight is 433 g/mol. The van der Waals surface area contributed by atoms with Crippen molar-refractivity contribution in [3.8, 4) is 5.75 Å². The number of anilines is 1. The summed E-state index contributed by atoms with van der Waals surface area (Å²) in [6.45, 7) is 1.22. The summed E-state index contributed by atoms with van der Waals surface area (Å²) in [7, 11) is 1.65. The van der Waals surface area contributed by atoms with E-state index in [1.807, 2.05) is 24.3 Å². The van der Waals surface area contributed by atoms with Gasteiger partial charge in [-0.15, -0.1) is 24.0 Å². The molecule has 0 saturated heterocycles. The Balaban J connectivity index is 0.00000264. The third kappa shape index (κ3) is 7.87. The Morgan fingerprint density at radius 1 is 1.17 bits per heavy atom. The van der Waals surface area contributed by atoms with Crippen LogP contribution in [0, 0.1) is 0 Å². The fourth-order valence-corrected chi connectivity index (χ4v) is 2.66. The van der Waals surface area contributed by atoms with Crippen molar-refractivity contribution in [3.63, 3.8) is 0 Å². The number of guanidine groups is 1. The van der Waals surface area contributed by atoms with Gasteiger partial charge in [0.1, 0.15) is 5.75 Å². The third-order valence-electron chi connectivity index (χ3n) is 3.89. The lowest BCUT2D eigenvalue weighted by Crippen LogP contribution is -2.23. The highest BCUT2D eigenvalue weighted by atomic mass is 127. The van der Waals surface area contributed by atoms with Crippen LogP contribution in [0.5, 0.6) is 5.75 Å². The van der Waals surface area contributed by atoms with Crippen LogP contribution in [0.4, 0.5) is 5.69 Å². The maximum atomic E-state index is 5.89. The smallest absolute Gasteiger partial charge is 0.193 e. The van der Waals surface area contributed by atoms with E-state index in [-0.39, 0.29) is 24.0 Å². The van der Waals surface area contributed by atoms with Crippen molar-refractivity contribution >= 4 is 35.6 Å². The van der Waals surface area contributed by atoms with Crippen LogP contribution in [-0.2, 0) is 4.74 Å². The lowest BCUT2D eigenvalue weighted by Gasteiger charge is -2.14. The number of nitrogens with two attached hydrogens (primary N) is 1. The van der Waals surface area contributed by atoms with Crippen molar-refractivity contribution in [1.29, 1.82) is 0 Å². The summed E-state index contributed by atoms with van der Waals surface area (Å²) >= 11 is 0. The molecule has 1 saturated carbocycles. The molecule has 1 aliphatic carbocycles. The molecular weight excluding hydrogens is 405 g/mol. The number of benzene rings is 1. The van der Waals surface area contributed by atoms with Gasteiger partial charge in [-0.1, -0.05) is 25.7 Å². The monoisotopic (exact) mass is 433 g/mol. The van der Waals surface area contributed by atoms with E-state index in [0.29, 0.717) is 25.2 Å². The van der Waals surface area contributed by atoms with Crippen LogP contribution in [0.3, 0.4) is 0 Å². The van der Waals surface area contributed by atoms with Crippen molar-refractivity contribution in [2.45, 2.75) is 44.6 Å². The molecule has 2 rings (SSSR count). The number of aliphatic imine (C=N–C) groups is 1. The van der Waals surface area contributed by atoms with Crippen LogP contribution >= 0.6 is 24.0 Å². The van der Waals surface area contributed by atoms with E-state index in [1.165, 1.54) is 38.5 Å². The number of hydrogen-bond donors (Lipinski definition) is 2. The minimum absolute atomic E-state index is 0. The largest absolute Gasteiger partial charge is 0.497 e. The summed E-state index contributed by atoms with van der Waals surface area (Å²) < 4.78 is 11.0. The van der Waals surface area contributed by atoms with Gasteiger partial charge in [0.2, 0.25) is 0 Å². The van der Waals surface area contributed by atoms with Gasteiger partial charge < -0.3 is 20.5 Å². The van der Waals surface area contributed by atoms with E-state index in [1.54, 1.807) is 7.11 Å². The minimum Gasteiger partial charge on any atom is -0.497 e. The summed E-state index contributed by atoms with van der Waals surface area (Å²) in [5.41, 5.74) is 6.77. The molecular formula is C17H28IN3O2. The molecule has 5 nitrogen and oxygen atoms in total. The van der Waals surface area contributed by atoms with Crippen molar-refractivity contribution in [1.82, 2.24) is 0 Å². The third-order valence-corrected chi connectivity index (χ3v) is 3.89. The second-order valence-corrected chi connectivity index (χ2v) is 5.60. The van der Waals surface area contributed by atoms with Crippen LogP contribution < -0.4 is 15.8 Å². The van der Waals surface area contributed by atoms with Crippen LogP contribution in [-0.4, -0.2) is 32.3 Å². The zero-order valence-corrected chi connectivity index (χ0v) is 16.1. The molecule has 0 heterocycles. The van der Waals surface area contributed by atoms with Gasteiger partial charge in [0.15, 0.2) is 5.96 Å². The van der Waals surface area contributed by atoms with E-state index in [4.69, 9.17) is 15.2 Å². The minimum atomic E-state index is 0. The van der Waals surface area contributed by atoms with E-state index >= 15 is 0 Å². The van der Waals surface area contributed by atoms with Crippen molar-refractivity contribution < 1.29 is 9.47 Å². The van der Waals surface area contributed by atoms with Crippen molar-refractivity contribution in [2.24, 2.45) is 10.7 Å². The molecule has 130 valence electrons. The molecule has 0 aliphatic heterocycles. The lowest BCUT2D eigenvalue weighted by atomic mass is 10.1. The lowest BCUT2D eigenvalue weighted by molar-refractivity contribution is 0.0487. The van der Waals surface area contributed by atoms with Gasteiger partial charge in [-0.2, -0.15) is 0 Å². The zero-order chi connectivity index (χ0) is 15.6. The molecule has 1 aromatic rings. The quantitative estimate of drug-likeness (QED) is 0.236. The predicted molar refractivity (Wildman–Crippen MR) is 106 cm³/mol. The number of nitrogens with zero attached hydrogens (tertiary/aromatic N) is 1. The molecule has 0 atom stereocenters. The first kappa shape index (κ1) is 20.0. The highest BCUT2D eigenvalue weighted by Crippen LogP contribution is 2.19. The fraction of sp³-hybridized carbons (Fsp3) is 0.588. The number of ether oxygens (including phenoxy) is 2. The fourth-order valence-electron chi connectivity index (χ4n) is 2.66. The van der Waals surface area contributed by atoms with Gasteiger partial charge in [0.05, 0.1) is 26.4 Å². The van der Waals surface area contributed by atoms with Gasteiger partial charge in [-0.25, -0.2) is 0 Å². The summed E-state index contributed by atoms with van der Waals surface area (Å²) in [4.78, 5) is 4.30. The van der Waals surface area contributed by atoms with E-state index in [9.17, 15) is 0 Å². The molecule has 6 heteroatoms. The van der Waals surface area contributed by atoms with Gasteiger partial charge in [-0.05, 0) is 37.1 Å². The first-order chi connectivity index (χ1) is 10.8. The maximum Gasteiger partial charge on any atom is 0.193 e. The Morgan fingerprint density at radius 2 is 1.83 bits per heavy atom. The van der Waals surface area contributed by atoms with Crippen LogP contribution in [0.15, 0.2) is 29.3 Å². The molecule has 1 fully saturated rings. The molecule has 0 bridgehead atoms. The summed E-state index contributed by atoms with van der Waals surface area (Å²) in [6, 6.07) is 7.57. The maximum absolute atomic E-state index is 5.89. The Bertz CT molecular complexity index is 457. The highest BCUT2D eigenvalue weighted by molar-refractivity contribution is 14.0. The van der Waals surface area contributed by atoms with E-state index in [0.717, 1.165) is 11.4 Å². The average Bonchev–Trinajstić information content (AvgIpc) is 2.81. The van der Waals surface area contributed by atoms with E-state index < -0.39 is 0 Å². The summed E-state index contributed by atoms with van der Waals surface area (Å²) in [6.07, 6.45) is 8.04. The SMILES string of the molecule is COc1ccc(NC(N)=NCCOC2CCCCCC2)cc1.I. The Kier molecular flexibility index (Phi) is 10.0. The van der Waals surface area contributed by atoms with Crippen molar-refractivity contribution in [2.75, 3.05) is 25.6 Å². The Labute approximate surface area is 156 Å². The number of rotatable bonds is 6. The molecule has 1 aliphatic rings. The molecule has 0 aromatic heterocycles.